The zero-order chi connectivity index (χ0) is 14.8. The number of nitrogens with zero attached hydrogens (tertiary/aromatic N) is 1. The summed E-state index contributed by atoms with van der Waals surface area (Å²) in [7, 11) is 0. The fraction of sp³-hybridized carbons (Fsp3) is 0.353. The summed E-state index contributed by atoms with van der Waals surface area (Å²) >= 11 is 5.40. The van der Waals surface area contributed by atoms with E-state index in [0.29, 0.717) is 0 Å². The van der Waals surface area contributed by atoms with Crippen molar-refractivity contribution in [2.24, 2.45) is 0 Å². The molecule has 0 amide bonds. The molecule has 2 aromatic rings. The van der Waals surface area contributed by atoms with E-state index in [-0.39, 0.29) is 0 Å². The van der Waals surface area contributed by atoms with Crippen molar-refractivity contribution in [1.82, 2.24) is 10.3 Å². The highest BCUT2D eigenvalue weighted by molar-refractivity contribution is 9.10. The van der Waals surface area contributed by atoms with E-state index < -0.39 is 0 Å². The molecule has 1 aromatic carbocycles. The van der Waals surface area contributed by atoms with Crippen molar-refractivity contribution < 1.29 is 0 Å². The minimum absolute atomic E-state index is 0.747. The Kier molecular flexibility index (Phi) is 4.67. The van der Waals surface area contributed by atoms with Crippen LogP contribution in [0.3, 0.4) is 0 Å². The average molecular weight is 363 g/mol. The topological polar surface area (TPSA) is 24.9 Å². The lowest BCUT2D eigenvalue weighted by Crippen LogP contribution is -2.15. The maximum atomic E-state index is 4.59. The van der Waals surface area contributed by atoms with Crippen molar-refractivity contribution >= 4 is 27.7 Å². The SMILES string of the molecule is Cc1cc(C)nc(Sc2ccc(CNC3CC3)cc2Br)c1. The number of rotatable bonds is 5. The van der Waals surface area contributed by atoms with Gasteiger partial charge in [0, 0.05) is 27.6 Å². The van der Waals surface area contributed by atoms with Crippen molar-refractivity contribution in [2.75, 3.05) is 0 Å². The standard InChI is InChI=1S/C17H19BrN2S/c1-11-7-12(2)20-17(8-11)21-16-6-3-13(9-15(16)18)10-19-14-4-5-14/h3,6-9,14,19H,4-5,10H2,1-2H3. The normalized spacial score (nSPS) is 14.4. The number of aromatic nitrogens is 1. The lowest BCUT2D eigenvalue weighted by Gasteiger charge is -2.09. The molecule has 4 heteroatoms. The van der Waals surface area contributed by atoms with E-state index in [1.807, 2.05) is 6.92 Å². The second kappa shape index (κ2) is 6.51. The molecule has 0 saturated heterocycles. The zero-order valence-electron chi connectivity index (χ0n) is 12.3. The number of pyridine rings is 1. The van der Waals surface area contributed by atoms with Gasteiger partial charge in [-0.05, 0) is 78.0 Å². The van der Waals surface area contributed by atoms with Crippen molar-refractivity contribution in [3.05, 3.63) is 51.6 Å². The van der Waals surface area contributed by atoms with Crippen LogP contribution in [0.15, 0.2) is 44.7 Å². The summed E-state index contributed by atoms with van der Waals surface area (Å²) in [5, 5.41) is 4.60. The van der Waals surface area contributed by atoms with Gasteiger partial charge in [0.2, 0.25) is 0 Å². The molecule has 0 bridgehead atoms. The highest BCUT2D eigenvalue weighted by Gasteiger charge is 2.20. The molecule has 0 radical (unpaired) electrons. The lowest BCUT2D eigenvalue weighted by atomic mass is 10.2. The fourth-order valence-corrected chi connectivity index (χ4v) is 3.88. The summed E-state index contributed by atoms with van der Waals surface area (Å²) < 4.78 is 1.14. The summed E-state index contributed by atoms with van der Waals surface area (Å²) in [6.07, 6.45) is 2.65. The third-order valence-electron chi connectivity index (χ3n) is 3.46. The molecule has 0 aliphatic heterocycles. The highest BCUT2D eigenvalue weighted by Crippen LogP contribution is 2.33. The van der Waals surface area contributed by atoms with Crippen molar-refractivity contribution in [2.45, 2.75) is 49.2 Å². The van der Waals surface area contributed by atoms with Gasteiger partial charge in [-0.15, -0.1) is 0 Å². The number of nitrogens with one attached hydrogen (secondary N) is 1. The largest absolute Gasteiger partial charge is 0.310 e. The number of benzene rings is 1. The smallest absolute Gasteiger partial charge is 0.101 e. The van der Waals surface area contributed by atoms with Gasteiger partial charge in [0.25, 0.3) is 0 Å². The van der Waals surface area contributed by atoms with E-state index in [1.165, 1.54) is 28.9 Å². The van der Waals surface area contributed by atoms with Gasteiger partial charge < -0.3 is 5.32 Å². The minimum atomic E-state index is 0.747. The van der Waals surface area contributed by atoms with Crippen LogP contribution >= 0.6 is 27.7 Å². The first-order chi connectivity index (χ1) is 10.1. The summed E-state index contributed by atoms with van der Waals surface area (Å²) in [6.45, 7) is 5.11. The van der Waals surface area contributed by atoms with Crippen LogP contribution in [0.4, 0.5) is 0 Å². The zero-order valence-corrected chi connectivity index (χ0v) is 14.7. The van der Waals surface area contributed by atoms with Gasteiger partial charge in [-0.25, -0.2) is 4.98 Å². The van der Waals surface area contributed by atoms with Crippen LogP contribution in [0.25, 0.3) is 0 Å². The lowest BCUT2D eigenvalue weighted by molar-refractivity contribution is 0.687. The van der Waals surface area contributed by atoms with Gasteiger partial charge >= 0.3 is 0 Å². The molecule has 0 unspecified atom stereocenters. The first-order valence-corrected chi connectivity index (χ1v) is 8.86. The van der Waals surface area contributed by atoms with Crippen LogP contribution in [0, 0.1) is 13.8 Å². The van der Waals surface area contributed by atoms with Crippen LogP contribution in [-0.4, -0.2) is 11.0 Å². The molecule has 21 heavy (non-hydrogen) atoms. The first kappa shape index (κ1) is 15.1. The Morgan fingerprint density at radius 1 is 1.24 bits per heavy atom. The number of hydrogen-bond donors (Lipinski definition) is 1. The number of halogens is 1. The molecule has 1 fully saturated rings. The Balaban J connectivity index is 1.72. The molecule has 1 heterocycles. The van der Waals surface area contributed by atoms with E-state index in [9.17, 15) is 0 Å². The monoisotopic (exact) mass is 362 g/mol. The summed E-state index contributed by atoms with van der Waals surface area (Å²) in [5.74, 6) is 0. The fourth-order valence-electron chi connectivity index (χ4n) is 2.26. The summed E-state index contributed by atoms with van der Waals surface area (Å²) in [5.41, 5.74) is 3.65. The Hall–Kier alpha value is -0.840. The van der Waals surface area contributed by atoms with Gasteiger partial charge in [0.05, 0.1) is 0 Å². The Bertz CT molecular complexity index is 633. The maximum absolute atomic E-state index is 4.59. The van der Waals surface area contributed by atoms with Crippen molar-refractivity contribution in [1.29, 1.82) is 0 Å². The molecule has 3 rings (SSSR count). The van der Waals surface area contributed by atoms with Gasteiger partial charge in [-0.3, -0.25) is 0 Å². The van der Waals surface area contributed by atoms with Crippen LogP contribution in [-0.2, 0) is 6.54 Å². The van der Waals surface area contributed by atoms with E-state index in [4.69, 9.17) is 0 Å². The molecule has 1 aliphatic carbocycles. The van der Waals surface area contributed by atoms with Crippen molar-refractivity contribution in [3.8, 4) is 0 Å². The number of hydrogen-bond acceptors (Lipinski definition) is 3. The van der Waals surface area contributed by atoms with E-state index in [2.05, 4.69) is 63.5 Å². The Morgan fingerprint density at radius 2 is 2.05 bits per heavy atom. The van der Waals surface area contributed by atoms with E-state index in [0.717, 1.165) is 27.8 Å². The van der Waals surface area contributed by atoms with E-state index >= 15 is 0 Å². The van der Waals surface area contributed by atoms with Gasteiger partial charge in [0.15, 0.2) is 0 Å². The van der Waals surface area contributed by atoms with Gasteiger partial charge in [-0.2, -0.15) is 0 Å². The molecule has 110 valence electrons. The molecule has 0 spiro atoms. The Morgan fingerprint density at radius 3 is 2.71 bits per heavy atom. The molecule has 1 saturated carbocycles. The maximum Gasteiger partial charge on any atom is 0.101 e. The molecular weight excluding hydrogens is 344 g/mol. The second-order valence-corrected chi connectivity index (χ2v) is 7.56. The predicted molar refractivity (Wildman–Crippen MR) is 91.8 cm³/mol. The Labute approximate surface area is 138 Å². The first-order valence-electron chi connectivity index (χ1n) is 7.25. The quantitative estimate of drug-likeness (QED) is 0.821. The third-order valence-corrected chi connectivity index (χ3v) is 5.37. The molecule has 1 aromatic heterocycles. The van der Waals surface area contributed by atoms with Crippen LogP contribution in [0.5, 0.6) is 0 Å². The third kappa shape index (κ3) is 4.31. The van der Waals surface area contributed by atoms with Gasteiger partial charge in [-0.1, -0.05) is 17.8 Å². The average Bonchev–Trinajstić information content (AvgIpc) is 3.22. The van der Waals surface area contributed by atoms with Crippen LogP contribution in [0.2, 0.25) is 0 Å². The molecule has 0 atom stereocenters. The molecular formula is C17H19BrN2S. The van der Waals surface area contributed by atoms with Gasteiger partial charge in [0.1, 0.15) is 5.03 Å². The van der Waals surface area contributed by atoms with Crippen molar-refractivity contribution in [3.63, 3.8) is 0 Å². The molecule has 1 aliphatic rings. The summed E-state index contributed by atoms with van der Waals surface area (Å²) in [6, 6.07) is 11.6. The highest BCUT2D eigenvalue weighted by atomic mass is 79.9. The molecule has 2 nitrogen and oxygen atoms in total. The predicted octanol–water partition coefficient (Wildman–Crippen LogP) is 4.86. The molecule has 1 N–H and O–H groups in total. The second-order valence-electron chi connectivity index (χ2n) is 5.65. The van der Waals surface area contributed by atoms with E-state index in [1.54, 1.807) is 11.8 Å². The summed E-state index contributed by atoms with van der Waals surface area (Å²) in [4.78, 5) is 5.80. The minimum Gasteiger partial charge on any atom is -0.310 e. The number of aryl methyl sites for hydroxylation is 2. The van der Waals surface area contributed by atoms with Crippen LogP contribution < -0.4 is 5.32 Å². The van der Waals surface area contributed by atoms with Crippen LogP contribution in [0.1, 0.15) is 29.7 Å².